The summed E-state index contributed by atoms with van der Waals surface area (Å²) in [5.41, 5.74) is 8.18. The van der Waals surface area contributed by atoms with Crippen molar-refractivity contribution in [3.8, 4) is 0 Å². The number of amides is 1. The second kappa shape index (κ2) is 8.71. The predicted molar refractivity (Wildman–Crippen MR) is 126 cm³/mol. The summed E-state index contributed by atoms with van der Waals surface area (Å²) in [6, 6.07) is 11.4. The van der Waals surface area contributed by atoms with Crippen molar-refractivity contribution in [1.29, 1.82) is 0 Å². The standard InChI is InChI=1S/C22H21N5O3S2/c1-12-9-13(2)27(25-12)16(28)11-31-22-24-20-17(14(3)18(32-20)19(23)29)21(30)26(22)10-15-7-5-4-6-8-15/h4-9H,10-11H2,1-3H3,(H2,23,29). The van der Waals surface area contributed by atoms with E-state index in [1.165, 1.54) is 16.4 Å². The molecule has 0 aliphatic rings. The zero-order valence-corrected chi connectivity index (χ0v) is 19.4. The molecule has 0 bridgehead atoms. The van der Waals surface area contributed by atoms with E-state index in [9.17, 15) is 14.4 Å². The third kappa shape index (κ3) is 4.11. The van der Waals surface area contributed by atoms with E-state index in [4.69, 9.17) is 5.73 Å². The fourth-order valence-electron chi connectivity index (χ4n) is 3.52. The molecule has 0 aliphatic carbocycles. The van der Waals surface area contributed by atoms with E-state index >= 15 is 0 Å². The van der Waals surface area contributed by atoms with Crippen molar-refractivity contribution in [2.45, 2.75) is 32.5 Å². The number of rotatable bonds is 6. The molecule has 1 amide bonds. The second-order valence-electron chi connectivity index (χ2n) is 7.39. The first-order valence-corrected chi connectivity index (χ1v) is 11.6. The van der Waals surface area contributed by atoms with Crippen LogP contribution in [0.15, 0.2) is 46.3 Å². The zero-order valence-electron chi connectivity index (χ0n) is 17.8. The number of primary amides is 1. The Balaban J connectivity index is 1.77. The molecule has 0 radical (unpaired) electrons. The van der Waals surface area contributed by atoms with E-state index in [2.05, 4.69) is 10.1 Å². The molecule has 0 aliphatic heterocycles. The van der Waals surface area contributed by atoms with Crippen LogP contribution in [-0.2, 0) is 6.54 Å². The number of nitrogens with zero attached hydrogens (tertiary/aromatic N) is 4. The van der Waals surface area contributed by atoms with E-state index in [0.717, 1.165) is 28.3 Å². The van der Waals surface area contributed by atoms with Gasteiger partial charge in [0.1, 0.15) is 4.83 Å². The van der Waals surface area contributed by atoms with Gasteiger partial charge >= 0.3 is 0 Å². The van der Waals surface area contributed by atoms with Gasteiger partial charge in [-0.15, -0.1) is 11.3 Å². The van der Waals surface area contributed by atoms with E-state index in [0.29, 0.717) is 32.4 Å². The van der Waals surface area contributed by atoms with Crippen molar-refractivity contribution in [2.24, 2.45) is 5.73 Å². The Morgan fingerprint density at radius 3 is 2.50 bits per heavy atom. The Hall–Kier alpha value is -3.24. The number of thioether (sulfide) groups is 1. The number of thiophene rings is 1. The van der Waals surface area contributed by atoms with Gasteiger partial charge in [-0.25, -0.2) is 9.67 Å². The summed E-state index contributed by atoms with van der Waals surface area (Å²) in [6.45, 7) is 5.64. The van der Waals surface area contributed by atoms with Crippen LogP contribution in [0.3, 0.4) is 0 Å². The third-order valence-corrected chi connectivity index (χ3v) is 7.15. The number of benzene rings is 1. The number of hydrogen-bond donors (Lipinski definition) is 1. The van der Waals surface area contributed by atoms with Crippen LogP contribution < -0.4 is 11.3 Å². The molecule has 10 heteroatoms. The number of aryl methyl sites for hydroxylation is 3. The van der Waals surface area contributed by atoms with E-state index < -0.39 is 5.91 Å². The molecular weight excluding hydrogens is 446 g/mol. The molecule has 32 heavy (non-hydrogen) atoms. The number of aromatic nitrogens is 4. The van der Waals surface area contributed by atoms with Crippen LogP contribution >= 0.6 is 23.1 Å². The van der Waals surface area contributed by atoms with Gasteiger partial charge in [-0.05, 0) is 38.0 Å². The largest absolute Gasteiger partial charge is 0.365 e. The molecule has 0 saturated carbocycles. The number of fused-ring (bicyclic) bond motifs is 1. The molecular formula is C22H21N5O3S2. The molecule has 1 aromatic carbocycles. The van der Waals surface area contributed by atoms with E-state index in [1.807, 2.05) is 50.2 Å². The Morgan fingerprint density at radius 1 is 1.16 bits per heavy atom. The lowest BCUT2D eigenvalue weighted by Crippen LogP contribution is -2.25. The topological polar surface area (TPSA) is 113 Å². The van der Waals surface area contributed by atoms with Gasteiger partial charge in [0.2, 0.25) is 0 Å². The van der Waals surface area contributed by atoms with Gasteiger partial charge in [0.05, 0.1) is 28.3 Å². The highest BCUT2D eigenvalue weighted by molar-refractivity contribution is 7.99. The summed E-state index contributed by atoms with van der Waals surface area (Å²) in [5, 5.41) is 5.01. The summed E-state index contributed by atoms with van der Waals surface area (Å²) in [7, 11) is 0. The minimum absolute atomic E-state index is 0.0573. The third-order valence-electron chi connectivity index (χ3n) is 4.99. The average Bonchev–Trinajstić information content (AvgIpc) is 3.27. The lowest BCUT2D eigenvalue weighted by atomic mass is 10.2. The zero-order chi connectivity index (χ0) is 23.0. The molecule has 4 rings (SSSR count). The van der Waals surface area contributed by atoms with Crippen molar-refractivity contribution in [2.75, 3.05) is 5.75 Å². The van der Waals surface area contributed by atoms with Crippen LogP contribution in [0.25, 0.3) is 10.2 Å². The Labute approximate surface area is 192 Å². The highest BCUT2D eigenvalue weighted by atomic mass is 32.2. The minimum Gasteiger partial charge on any atom is -0.365 e. The van der Waals surface area contributed by atoms with Crippen LogP contribution in [0, 0.1) is 20.8 Å². The molecule has 164 valence electrons. The Kier molecular flexibility index (Phi) is 5.98. The van der Waals surface area contributed by atoms with Crippen molar-refractivity contribution in [3.63, 3.8) is 0 Å². The monoisotopic (exact) mass is 467 g/mol. The van der Waals surface area contributed by atoms with E-state index in [-0.39, 0.29) is 17.2 Å². The van der Waals surface area contributed by atoms with E-state index in [1.54, 1.807) is 11.5 Å². The molecule has 4 aromatic rings. The number of carbonyl (C=O) groups is 2. The van der Waals surface area contributed by atoms with Gasteiger partial charge in [0, 0.05) is 5.69 Å². The van der Waals surface area contributed by atoms with Crippen molar-refractivity contribution < 1.29 is 9.59 Å². The predicted octanol–water partition coefficient (Wildman–Crippen LogP) is 3.16. The molecule has 2 N–H and O–H groups in total. The van der Waals surface area contributed by atoms with Gasteiger partial charge in [-0.1, -0.05) is 42.1 Å². The summed E-state index contributed by atoms with van der Waals surface area (Å²) < 4.78 is 2.91. The lowest BCUT2D eigenvalue weighted by Gasteiger charge is -2.12. The number of carbonyl (C=O) groups excluding carboxylic acids is 2. The normalized spacial score (nSPS) is 11.2. The molecule has 0 atom stereocenters. The first-order chi connectivity index (χ1) is 15.3. The maximum absolute atomic E-state index is 13.4. The van der Waals surface area contributed by atoms with Crippen LogP contribution in [0.1, 0.15) is 37.0 Å². The highest BCUT2D eigenvalue weighted by Crippen LogP contribution is 2.29. The number of hydrogen-bond acceptors (Lipinski definition) is 7. The highest BCUT2D eigenvalue weighted by Gasteiger charge is 2.21. The van der Waals surface area contributed by atoms with Gasteiger partial charge < -0.3 is 5.73 Å². The van der Waals surface area contributed by atoms with Crippen LogP contribution in [0.4, 0.5) is 0 Å². The molecule has 3 heterocycles. The van der Waals surface area contributed by atoms with Crippen LogP contribution in [0.5, 0.6) is 0 Å². The van der Waals surface area contributed by atoms with Crippen molar-refractivity contribution in [3.05, 3.63) is 74.1 Å². The van der Waals surface area contributed by atoms with Gasteiger partial charge in [-0.3, -0.25) is 19.0 Å². The Morgan fingerprint density at radius 2 is 1.88 bits per heavy atom. The maximum Gasteiger partial charge on any atom is 0.263 e. The molecule has 0 saturated heterocycles. The molecule has 0 fully saturated rings. The first kappa shape index (κ1) is 22.0. The minimum atomic E-state index is -0.589. The fraction of sp³-hybridized carbons (Fsp3) is 0.227. The van der Waals surface area contributed by atoms with Gasteiger partial charge in [-0.2, -0.15) is 5.10 Å². The molecule has 8 nitrogen and oxygen atoms in total. The molecule has 0 spiro atoms. The number of nitrogens with two attached hydrogens (primary N) is 1. The fourth-order valence-corrected chi connectivity index (χ4v) is 5.43. The summed E-state index contributed by atoms with van der Waals surface area (Å²) in [4.78, 5) is 43.4. The maximum atomic E-state index is 13.4. The second-order valence-corrected chi connectivity index (χ2v) is 9.33. The summed E-state index contributed by atoms with van der Waals surface area (Å²) in [6.07, 6.45) is 0. The van der Waals surface area contributed by atoms with Crippen molar-refractivity contribution >= 4 is 45.1 Å². The Bertz CT molecular complexity index is 1400. The van der Waals surface area contributed by atoms with Gasteiger partial charge in [0.25, 0.3) is 17.4 Å². The molecule has 3 aromatic heterocycles. The summed E-state index contributed by atoms with van der Waals surface area (Å²) >= 11 is 2.27. The SMILES string of the molecule is Cc1cc(C)n(C(=O)CSc2nc3sc(C(N)=O)c(C)c3c(=O)n2Cc2ccccc2)n1. The van der Waals surface area contributed by atoms with Gasteiger partial charge in [0.15, 0.2) is 5.16 Å². The summed E-state index contributed by atoms with van der Waals surface area (Å²) in [5.74, 6) is -0.739. The average molecular weight is 468 g/mol. The first-order valence-electron chi connectivity index (χ1n) is 9.83. The van der Waals surface area contributed by atoms with Crippen molar-refractivity contribution in [1.82, 2.24) is 19.3 Å². The smallest absolute Gasteiger partial charge is 0.263 e. The molecule has 0 unspecified atom stereocenters. The lowest BCUT2D eigenvalue weighted by molar-refractivity contribution is 0.0923. The quantitative estimate of drug-likeness (QED) is 0.344. The van der Waals surface area contributed by atoms with Crippen LogP contribution in [-0.4, -0.2) is 36.9 Å². The van der Waals surface area contributed by atoms with Crippen LogP contribution in [0.2, 0.25) is 0 Å².